The zero-order valence-corrected chi connectivity index (χ0v) is 16.6. The molecule has 2 aromatic heterocycles. The first-order chi connectivity index (χ1) is 13.0. The predicted molar refractivity (Wildman–Crippen MR) is 108 cm³/mol. The molecule has 2 aliphatic rings. The van der Waals surface area contributed by atoms with Crippen LogP contribution >= 0.6 is 11.8 Å². The van der Waals surface area contributed by atoms with Gasteiger partial charge >= 0.3 is 0 Å². The van der Waals surface area contributed by atoms with Gasteiger partial charge in [0.25, 0.3) is 0 Å². The number of nitrogen functional groups attached to an aromatic ring is 2. The van der Waals surface area contributed by atoms with Crippen molar-refractivity contribution in [2.24, 2.45) is 11.3 Å². The minimum absolute atomic E-state index is 0.311. The lowest BCUT2D eigenvalue weighted by Gasteiger charge is -2.41. The Morgan fingerprint density at radius 2 is 2.00 bits per heavy atom. The molecule has 0 amide bonds. The van der Waals surface area contributed by atoms with Gasteiger partial charge in [0.05, 0.1) is 18.9 Å². The maximum atomic E-state index is 6.18. The van der Waals surface area contributed by atoms with Gasteiger partial charge in [-0.25, -0.2) is 15.0 Å². The van der Waals surface area contributed by atoms with Gasteiger partial charge in [0.2, 0.25) is 0 Å². The average molecular weight is 387 g/mol. The summed E-state index contributed by atoms with van der Waals surface area (Å²) >= 11 is 1.45. The van der Waals surface area contributed by atoms with Gasteiger partial charge < -0.3 is 21.1 Å². The van der Waals surface area contributed by atoms with Crippen LogP contribution in [0.3, 0.4) is 0 Å². The summed E-state index contributed by atoms with van der Waals surface area (Å²) in [6.07, 6.45) is 6.08. The van der Waals surface area contributed by atoms with Crippen molar-refractivity contribution in [1.82, 2.24) is 15.0 Å². The van der Waals surface area contributed by atoms with Crippen LogP contribution in [0.15, 0.2) is 34.4 Å². The summed E-state index contributed by atoms with van der Waals surface area (Å²) in [4.78, 5) is 16.4. The van der Waals surface area contributed by atoms with Gasteiger partial charge in [-0.05, 0) is 37.8 Å². The molecule has 2 aliphatic heterocycles. The molecular formula is C19H26N6OS. The van der Waals surface area contributed by atoms with Gasteiger partial charge in [0.1, 0.15) is 16.7 Å². The molecule has 2 saturated heterocycles. The molecule has 0 aliphatic carbocycles. The molecule has 4 heterocycles. The number of pyridine rings is 1. The van der Waals surface area contributed by atoms with E-state index in [4.69, 9.17) is 16.2 Å². The molecule has 2 unspecified atom stereocenters. The van der Waals surface area contributed by atoms with Crippen LogP contribution in [0.2, 0.25) is 0 Å². The first kappa shape index (κ1) is 18.3. The zero-order valence-electron chi connectivity index (χ0n) is 15.8. The van der Waals surface area contributed by atoms with E-state index < -0.39 is 0 Å². The number of ether oxygens (including phenoxy) is 1. The second-order valence-corrected chi connectivity index (χ2v) is 8.65. The Hall–Kier alpha value is -2.06. The van der Waals surface area contributed by atoms with Crippen molar-refractivity contribution in [2.75, 3.05) is 36.1 Å². The number of rotatable bonds is 3. The molecule has 8 heteroatoms. The van der Waals surface area contributed by atoms with Crippen LogP contribution < -0.4 is 16.4 Å². The normalized spacial score (nSPS) is 24.4. The topological polar surface area (TPSA) is 103 Å². The van der Waals surface area contributed by atoms with Gasteiger partial charge in [-0.3, -0.25) is 0 Å². The standard InChI is InChI=1S/C19H26N6OS/c1-12-13(2)26-11-19(12)4-7-25(8-5-19)16-10-23-18(17(21)24-16)27-14-3-6-22-15(20)9-14/h3,6,9-10,12-13H,4-5,7-8,11H2,1-2H3,(H2,20,22)(H2,21,24). The molecule has 7 nitrogen and oxygen atoms in total. The Morgan fingerprint density at radius 3 is 2.63 bits per heavy atom. The first-order valence-electron chi connectivity index (χ1n) is 9.35. The Balaban J connectivity index is 1.44. The lowest BCUT2D eigenvalue weighted by Crippen LogP contribution is -2.44. The molecule has 2 fully saturated rings. The van der Waals surface area contributed by atoms with E-state index in [-0.39, 0.29) is 0 Å². The monoisotopic (exact) mass is 386 g/mol. The Labute approximate surface area is 163 Å². The van der Waals surface area contributed by atoms with Gasteiger partial charge in [-0.15, -0.1) is 0 Å². The average Bonchev–Trinajstić information content (AvgIpc) is 2.93. The van der Waals surface area contributed by atoms with Crippen LogP contribution in [-0.2, 0) is 4.74 Å². The van der Waals surface area contributed by atoms with E-state index in [1.54, 1.807) is 12.3 Å². The molecule has 4 rings (SSSR count). The molecule has 0 saturated carbocycles. The number of hydrogen-bond acceptors (Lipinski definition) is 8. The second kappa shape index (κ2) is 7.16. The van der Waals surface area contributed by atoms with Crippen LogP contribution in [0.5, 0.6) is 0 Å². The van der Waals surface area contributed by atoms with Crippen LogP contribution in [0.25, 0.3) is 0 Å². The van der Waals surface area contributed by atoms with Crippen LogP contribution in [0.1, 0.15) is 26.7 Å². The van der Waals surface area contributed by atoms with E-state index in [9.17, 15) is 0 Å². The van der Waals surface area contributed by atoms with Crippen molar-refractivity contribution < 1.29 is 4.74 Å². The third-order valence-electron chi connectivity index (χ3n) is 6.11. The Morgan fingerprint density at radius 1 is 1.22 bits per heavy atom. The molecule has 0 radical (unpaired) electrons. The highest BCUT2D eigenvalue weighted by Gasteiger charge is 2.46. The second-order valence-electron chi connectivity index (χ2n) is 7.59. The predicted octanol–water partition coefficient (Wildman–Crippen LogP) is 2.83. The fraction of sp³-hybridized carbons (Fsp3) is 0.526. The highest BCUT2D eigenvalue weighted by Crippen LogP contribution is 2.46. The summed E-state index contributed by atoms with van der Waals surface area (Å²) in [5.74, 6) is 2.37. The molecule has 27 heavy (non-hydrogen) atoms. The maximum Gasteiger partial charge on any atom is 0.158 e. The van der Waals surface area contributed by atoms with Gasteiger partial charge in [-0.1, -0.05) is 18.7 Å². The first-order valence-corrected chi connectivity index (χ1v) is 10.2. The number of piperidine rings is 1. The summed E-state index contributed by atoms with van der Waals surface area (Å²) in [5, 5.41) is 0.685. The van der Waals surface area contributed by atoms with E-state index >= 15 is 0 Å². The molecule has 1 spiro atoms. The molecular weight excluding hydrogens is 360 g/mol. The van der Waals surface area contributed by atoms with Crippen molar-refractivity contribution in [2.45, 2.75) is 42.7 Å². The smallest absolute Gasteiger partial charge is 0.158 e. The SMILES string of the molecule is CC1OCC2(CCN(c3cnc(Sc4ccnc(N)c4)c(N)n3)CC2)C1C. The van der Waals surface area contributed by atoms with E-state index in [0.29, 0.717) is 34.1 Å². The summed E-state index contributed by atoms with van der Waals surface area (Å²) < 4.78 is 5.92. The minimum Gasteiger partial charge on any atom is -0.384 e. The van der Waals surface area contributed by atoms with E-state index in [1.165, 1.54) is 11.8 Å². The number of aromatic nitrogens is 3. The van der Waals surface area contributed by atoms with E-state index in [1.807, 2.05) is 12.3 Å². The molecule has 0 aromatic carbocycles. The summed E-state index contributed by atoms with van der Waals surface area (Å²) in [6.45, 7) is 7.30. The van der Waals surface area contributed by atoms with E-state index in [2.05, 4.69) is 33.7 Å². The number of nitrogens with two attached hydrogens (primary N) is 2. The molecule has 4 N–H and O–H groups in total. The quantitative estimate of drug-likeness (QED) is 0.830. The van der Waals surface area contributed by atoms with E-state index in [0.717, 1.165) is 43.3 Å². The molecule has 2 aromatic rings. The fourth-order valence-corrected chi connectivity index (χ4v) is 4.86. The third-order valence-corrected chi connectivity index (χ3v) is 7.10. The Kier molecular flexibility index (Phi) is 4.86. The van der Waals surface area contributed by atoms with Crippen molar-refractivity contribution in [3.63, 3.8) is 0 Å². The third kappa shape index (κ3) is 3.55. The maximum absolute atomic E-state index is 6.18. The molecule has 2 atom stereocenters. The summed E-state index contributed by atoms with van der Waals surface area (Å²) in [6, 6.07) is 3.68. The summed E-state index contributed by atoms with van der Waals surface area (Å²) in [7, 11) is 0. The van der Waals surface area contributed by atoms with Crippen LogP contribution in [-0.4, -0.2) is 40.8 Å². The van der Waals surface area contributed by atoms with Crippen LogP contribution in [0.4, 0.5) is 17.5 Å². The van der Waals surface area contributed by atoms with Crippen molar-refractivity contribution in [3.8, 4) is 0 Å². The fourth-order valence-electron chi connectivity index (χ4n) is 4.07. The number of anilines is 3. The van der Waals surface area contributed by atoms with Crippen LogP contribution in [0, 0.1) is 11.3 Å². The highest BCUT2D eigenvalue weighted by atomic mass is 32.2. The summed E-state index contributed by atoms with van der Waals surface area (Å²) in [5.41, 5.74) is 12.2. The largest absolute Gasteiger partial charge is 0.384 e. The Bertz CT molecular complexity index is 824. The number of nitrogens with zero attached hydrogens (tertiary/aromatic N) is 4. The lowest BCUT2D eigenvalue weighted by molar-refractivity contribution is 0.0969. The highest BCUT2D eigenvalue weighted by molar-refractivity contribution is 7.99. The van der Waals surface area contributed by atoms with Crippen molar-refractivity contribution >= 4 is 29.2 Å². The van der Waals surface area contributed by atoms with Gasteiger partial charge in [0, 0.05) is 29.6 Å². The minimum atomic E-state index is 0.311. The zero-order chi connectivity index (χ0) is 19.0. The van der Waals surface area contributed by atoms with Gasteiger partial charge in [-0.2, -0.15) is 0 Å². The van der Waals surface area contributed by atoms with Gasteiger partial charge in [0.15, 0.2) is 5.82 Å². The van der Waals surface area contributed by atoms with Crippen molar-refractivity contribution in [1.29, 1.82) is 0 Å². The molecule has 144 valence electrons. The van der Waals surface area contributed by atoms with Crippen molar-refractivity contribution in [3.05, 3.63) is 24.5 Å². The molecule has 0 bridgehead atoms. The lowest BCUT2D eigenvalue weighted by atomic mass is 9.70. The number of hydrogen-bond donors (Lipinski definition) is 2.